The van der Waals surface area contributed by atoms with Gasteiger partial charge in [0.15, 0.2) is 0 Å². The number of aliphatic carboxylic acids is 1. The summed E-state index contributed by atoms with van der Waals surface area (Å²) in [5, 5.41) is 12.4. The Hall–Kier alpha value is -3.35. The molecule has 7 heteroatoms. The number of carboxylic acids is 1. The van der Waals surface area contributed by atoms with Crippen molar-refractivity contribution in [1.29, 1.82) is 0 Å². The van der Waals surface area contributed by atoms with Gasteiger partial charge in [-0.3, -0.25) is 9.59 Å². The summed E-state index contributed by atoms with van der Waals surface area (Å²) in [4.78, 5) is 26.0. The maximum absolute atomic E-state index is 14.1. The number of carboxylic acid groups (broad SMARTS) is 1. The molecule has 0 spiro atoms. The Kier molecular flexibility index (Phi) is 6.72. The third-order valence-electron chi connectivity index (χ3n) is 5.01. The minimum atomic E-state index is -0.853. The number of aromatic amines is 1. The van der Waals surface area contributed by atoms with Crippen LogP contribution in [0.5, 0.6) is 5.75 Å². The van der Waals surface area contributed by atoms with E-state index in [-0.39, 0.29) is 18.1 Å². The number of amides is 1. The number of hydrogen-bond donors (Lipinski definition) is 3. The van der Waals surface area contributed by atoms with Crippen LogP contribution in [-0.4, -0.2) is 35.1 Å². The normalized spacial score (nSPS) is 10.9. The van der Waals surface area contributed by atoms with E-state index in [4.69, 9.17) is 9.84 Å². The van der Waals surface area contributed by atoms with Crippen LogP contribution < -0.4 is 10.1 Å². The second-order valence-electron chi connectivity index (χ2n) is 7.22. The van der Waals surface area contributed by atoms with Crippen molar-refractivity contribution in [3.63, 3.8) is 0 Å². The van der Waals surface area contributed by atoms with Crippen LogP contribution in [0, 0.1) is 19.7 Å². The summed E-state index contributed by atoms with van der Waals surface area (Å²) in [5.41, 5.74) is 3.92. The predicted molar refractivity (Wildman–Crippen MR) is 113 cm³/mol. The largest absolute Gasteiger partial charge is 0.494 e. The molecule has 3 aromatic rings. The number of hydrogen-bond acceptors (Lipinski definition) is 3. The van der Waals surface area contributed by atoms with E-state index in [0.717, 1.165) is 22.2 Å². The number of aryl methyl sites for hydroxylation is 2. The van der Waals surface area contributed by atoms with Crippen molar-refractivity contribution in [1.82, 2.24) is 10.3 Å². The van der Waals surface area contributed by atoms with E-state index in [1.807, 2.05) is 13.8 Å². The molecule has 3 rings (SSSR count). The van der Waals surface area contributed by atoms with Gasteiger partial charge in [-0.1, -0.05) is 6.07 Å². The highest BCUT2D eigenvalue weighted by atomic mass is 19.1. The van der Waals surface area contributed by atoms with Gasteiger partial charge in [0, 0.05) is 29.6 Å². The van der Waals surface area contributed by atoms with Crippen LogP contribution in [0.3, 0.4) is 0 Å². The van der Waals surface area contributed by atoms with Gasteiger partial charge in [0.2, 0.25) is 0 Å². The molecule has 1 amide bonds. The molecule has 0 saturated carbocycles. The first-order valence-electron chi connectivity index (χ1n) is 9.86. The van der Waals surface area contributed by atoms with Gasteiger partial charge in [0.05, 0.1) is 12.1 Å². The molecule has 1 heterocycles. The highest BCUT2D eigenvalue weighted by Crippen LogP contribution is 2.27. The van der Waals surface area contributed by atoms with Gasteiger partial charge in [-0.05, 0) is 68.1 Å². The molecular formula is C23H25FN2O4. The van der Waals surface area contributed by atoms with E-state index in [9.17, 15) is 14.0 Å². The van der Waals surface area contributed by atoms with Gasteiger partial charge in [-0.2, -0.15) is 0 Å². The first-order chi connectivity index (χ1) is 14.4. The van der Waals surface area contributed by atoms with Crippen LogP contribution in [0.15, 0.2) is 36.4 Å². The Bertz CT molecular complexity index is 1060. The van der Waals surface area contributed by atoms with E-state index < -0.39 is 5.97 Å². The maximum Gasteiger partial charge on any atom is 0.303 e. The number of benzene rings is 2. The lowest BCUT2D eigenvalue weighted by Crippen LogP contribution is -2.25. The number of nitrogens with one attached hydrogen (secondary N) is 2. The van der Waals surface area contributed by atoms with E-state index in [1.165, 1.54) is 6.07 Å². The fourth-order valence-corrected chi connectivity index (χ4v) is 3.47. The number of carbonyl (C=O) groups excluding carboxylic acids is 1. The Morgan fingerprint density at radius 3 is 2.57 bits per heavy atom. The Labute approximate surface area is 174 Å². The lowest BCUT2D eigenvalue weighted by Gasteiger charge is -2.08. The standard InChI is InChI=1S/C23H25FN2O4/c1-14-5-10-19(24)22-21(14)18(15(2)26-22)11-12-25-23(29)16-6-8-17(9-7-16)30-13-3-4-20(27)28/h5-10,26H,3-4,11-13H2,1-2H3,(H,25,29)(H,27,28). The van der Waals surface area contributed by atoms with Crippen molar-refractivity contribution >= 4 is 22.8 Å². The average molecular weight is 412 g/mol. The van der Waals surface area contributed by atoms with Crippen molar-refractivity contribution in [3.05, 3.63) is 64.6 Å². The molecule has 1 aromatic heterocycles. The summed E-state index contributed by atoms with van der Waals surface area (Å²) in [6.45, 7) is 4.59. The molecule has 0 radical (unpaired) electrons. The van der Waals surface area contributed by atoms with Crippen molar-refractivity contribution in [2.24, 2.45) is 0 Å². The molecule has 2 aromatic carbocycles. The molecule has 6 nitrogen and oxygen atoms in total. The zero-order valence-electron chi connectivity index (χ0n) is 17.0. The van der Waals surface area contributed by atoms with Gasteiger partial charge < -0.3 is 20.1 Å². The SMILES string of the molecule is Cc1[nH]c2c(F)ccc(C)c2c1CCNC(=O)c1ccc(OCCCC(=O)O)cc1. The zero-order valence-corrected chi connectivity index (χ0v) is 17.0. The number of fused-ring (bicyclic) bond motifs is 1. The van der Waals surface area contributed by atoms with Crippen molar-refractivity contribution < 1.29 is 23.8 Å². The molecule has 0 aliphatic heterocycles. The summed E-state index contributed by atoms with van der Waals surface area (Å²) >= 11 is 0. The first kappa shape index (κ1) is 21.4. The number of aromatic nitrogens is 1. The Balaban J connectivity index is 1.55. The number of H-pyrrole nitrogens is 1. The Morgan fingerprint density at radius 2 is 1.87 bits per heavy atom. The number of ether oxygens (including phenoxy) is 1. The highest BCUT2D eigenvalue weighted by Gasteiger charge is 2.14. The van der Waals surface area contributed by atoms with Crippen LogP contribution in [0.25, 0.3) is 10.9 Å². The summed E-state index contributed by atoms with van der Waals surface area (Å²) in [6.07, 6.45) is 1.07. The molecule has 0 saturated heterocycles. The summed E-state index contributed by atoms with van der Waals surface area (Å²) in [6, 6.07) is 9.92. The molecule has 0 bridgehead atoms. The fourth-order valence-electron chi connectivity index (χ4n) is 3.47. The quantitative estimate of drug-likeness (QED) is 0.461. The van der Waals surface area contributed by atoms with Crippen LogP contribution >= 0.6 is 0 Å². The van der Waals surface area contributed by atoms with Crippen LogP contribution in [-0.2, 0) is 11.2 Å². The third kappa shape index (κ3) is 4.97. The van der Waals surface area contributed by atoms with Crippen molar-refractivity contribution in [2.45, 2.75) is 33.1 Å². The van der Waals surface area contributed by atoms with Gasteiger partial charge in [0.1, 0.15) is 11.6 Å². The molecule has 0 fully saturated rings. The molecular weight excluding hydrogens is 387 g/mol. The Morgan fingerprint density at radius 1 is 1.13 bits per heavy atom. The van der Waals surface area contributed by atoms with Crippen LogP contribution in [0.2, 0.25) is 0 Å². The minimum absolute atomic E-state index is 0.0581. The molecule has 0 atom stereocenters. The van der Waals surface area contributed by atoms with Gasteiger partial charge in [-0.25, -0.2) is 4.39 Å². The second kappa shape index (κ2) is 9.43. The van der Waals surface area contributed by atoms with Gasteiger partial charge in [0.25, 0.3) is 5.91 Å². The van der Waals surface area contributed by atoms with E-state index in [2.05, 4.69) is 10.3 Å². The van der Waals surface area contributed by atoms with Crippen LogP contribution in [0.4, 0.5) is 4.39 Å². The van der Waals surface area contributed by atoms with E-state index in [1.54, 1.807) is 30.3 Å². The third-order valence-corrected chi connectivity index (χ3v) is 5.01. The zero-order chi connectivity index (χ0) is 21.7. The van der Waals surface area contributed by atoms with Gasteiger partial charge >= 0.3 is 5.97 Å². The summed E-state index contributed by atoms with van der Waals surface area (Å²) < 4.78 is 19.5. The number of halogens is 1. The molecule has 0 aliphatic rings. The molecule has 30 heavy (non-hydrogen) atoms. The topological polar surface area (TPSA) is 91.4 Å². The van der Waals surface area contributed by atoms with Crippen molar-refractivity contribution in [3.8, 4) is 5.75 Å². The predicted octanol–water partition coefficient (Wildman–Crippen LogP) is 4.14. The molecule has 158 valence electrons. The fraction of sp³-hybridized carbons (Fsp3) is 0.304. The maximum atomic E-state index is 14.1. The second-order valence-corrected chi connectivity index (χ2v) is 7.22. The highest BCUT2D eigenvalue weighted by molar-refractivity contribution is 5.94. The van der Waals surface area contributed by atoms with Crippen molar-refractivity contribution in [2.75, 3.05) is 13.2 Å². The minimum Gasteiger partial charge on any atom is -0.494 e. The molecule has 0 unspecified atom stereocenters. The molecule has 3 N–H and O–H groups in total. The first-order valence-corrected chi connectivity index (χ1v) is 9.86. The van der Waals surface area contributed by atoms with Crippen LogP contribution in [0.1, 0.15) is 40.0 Å². The lowest BCUT2D eigenvalue weighted by atomic mass is 10.0. The van der Waals surface area contributed by atoms with Gasteiger partial charge in [-0.15, -0.1) is 0 Å². The van der Waals surface area contributed by atoms with E-state index in [0.29, 0.717) is 42.8 Å². The smallest absolute Gasteiger partial charge is 0.303 e. The van der Waals surface area contributed by atoms with E-state index >= 15 is 0 Å². The summed E-state index contributed by atoms with van der Waals surface area (Å²) in [7, 11) is 0. The number of rotatable bonds is 9. The monoisotopic (exact) mass is 412 g/mol. The molecule has 0 aliphatic carbocycles. The summed E-state index contributed by atoms with van der Waals surface area (Å²) in [5.74, 6) is -0.746. The lowest BCUT2D eigenvalue weighted by molar-refractivity contribution is -0.137. The average Bonchev–Trinajstić information content (AvgIpc) is 3.06. The number of carbonyl (C=O) groups is 2.